The van der Waals surface area contributed by atoms with Gasteiger partial charge in [0.15, 0.2) is 0 Å². The van der Waals surface area contributed by atoms with E-state index in [1.54, 1.807) is 0 Å². The van der Waals surface area contributed by atoms with Gasteiger partial charge in [0.05, 0.1) is 19.7 Å². The minimum atomic E-state index is -0.852. The van der Waals surface area contributed by atoms with Crippen LogP contribution in [0.1, 0.15) is 0 Å². The van der Waals surface area contributed by atoms with Gasteiger partial charge in [-0.1, -0.05) is 0 Å². The van der Waals surface area contributed by atoms with E-state index in [4.69, 9.17) is 9.84 Å². The Kier molecular flexibility index (Phi) is 1.69. The fourth-order valence-electron chi connectivity index (χ4n) is 1.69. The van der Waals surface area contributed by atoms with Gasteiger partial charge in [-0.15, -0.1) is 0 Å². The first kappa shape index (κ1) is 7.82. The van der Waals surface area contributed by atoms with E-state index in [-0.39, 0.29) is 5.60 Å². The van der Waals surface area contributed by atoms with Crippen LogP contribution in [0.2, 0.25) is 0 Å². The molecular formula is C7H12N2O3. The molecule has 2 aliphatic rings. The number of ether oxygens (including phenoxy) is 1. The summed E-state index contributed by atoms with van der Waals surface area (Å²) in [5.74, 6) is 0. The van der Waals surface area contributed by atoms with Crippen LogP contribution >= 0.6 is 0 Å². The van der Waals surface area contributed by atoms with Gasteiger partial charge in [-0.3, -0.25) is 0 Å². The standard InChI is InChI=1S/C7H12N2O3/c10-6(11)9-4-7(5-9)3-8-1-2-12-7/h8H,1-5H2,(H,10,11). The first-order valence-electron chi connectivity index (χ1n) is 4.04. The summed E-state index contributed by atoms with van der Waals surface area (Å²) in [6.45, 7) is 3.35. The summed E-state index contributed by atoms with van der Waals surface area (Å²) in [4.78, 5) is 11.8. The molecule has 5 heteroatoms. The van der Waals surface area contributed by atoms with Gasteiger partial charge in [0.25, 0.3) is 0 Å². The third kappa shape index (κ3) is 1.15. The van der Waals surface area contributed by atoms with Gasteiger partial charge in [0.2, 0.25) is 0 Å². The second-order valence-electron chi connectivity index (χ2n) is 3.35. The number of carbonyl (C=O) groups is 1. The number of nitrogens with one attached hydrogen (secondary N) is 1. The molecule has 2 saturated heterocycles. The van der Waals surface area contributed by atoms with Gasteiger partial charge >= 0.3 is 6.09 Å². The Hall–Kier alpha value is -0.810. The average Bonchev–Trinajstić information content (AvgIpc) is 2.01. The van der Waals surface area contributed by atoms with Crippen molar-refractivity contribution in [1.82, 2.24) is 10.2 Å². The van der Waals surface area contributed by atoms with Gasteiger partial charge in [-0.25, -0.2) is 4.79 Å². The predicted molar refractivity (Wildman–Crippen MR) is 41.2 cm³/mol. The quantitative estimate of drug-likeness (QED) is 0.509. The van der Waals surface area contributed by atoms with Gasteiger partial charge in [-0.2, -0.15) is 0 Å². The molecule has 0 saturated carbocycles. The van der Waals surface area contributed by atoms with Crippen molar-refractivity contribution in [3.63, 3.8) is 0 Å². The summed E-state index contributed by atoms with van der Waals surface area (Å²) in [6, 6.07) is 0. The molecule has 1 spiro atoms. The molecule has 0 aromatic heterocycles. The van der Waals surface area contributed by atoms with E-state index < -0.39 is 6.09 Å². The Balaban J connectivity index is 1.88. The molecule has 0 aromatic rings. The van der Waals surface area contributed by atoms with Crippen LogP contribution in [0.3, 0.4) is 0 Å². The topological polar surface area (TPSA) is 61.8 Å². The lowest BCUT2D eigenvalue weighted by atomic mass is 9.93. The lowest BCUT2D eigenvalue weighted by molar-refractivity contribution is -0.144. The molecule has 0 unspecified atom stereocenters. The number of likely N-dealkylation sites (tertiary alicyclic amines) is 1. The molecular weight excluding hydrogens is 160 g/mol. The molecule has 12 heavy (non-hydrogen) atoms. The second-order valence-corrected chi connectivity index (χ2v) is 3.35. The SMILES string of the molecule is O=C(O)N1CC2(CNCCO2)C1. The number of rotatable bonds is 0. The largest absolute Gasteiger partial charge is 0.465 e. The highest BCUT2D eigenvalue weighted by Crippen LogP contribution is 2.25. The zero-order chi connectivity index (χ0) is 8.60. The third-order valence-electron chi connectivity index (χ3n) is 2.36. The average molecular weight is 172 g/mol. The lowest BCUT2D eigenvalue weighted by Crippen LogP contribution is -2.70. The van der Waals surface area contributed by atoms with Crippen molar-refractivity contribution >= 4 is 6.09 Å². The van der Waals surface area contributed by atoms with Crippen molar-refractivity contribution in [1.29, 1.82) is 0 Å². The lowest BCUT2D eigenvalue weighted by Gasteiger charge is -2.50. The minimum Gasteiger partial charge on any atom is -0.465 e. The summed E-state index contributed by atoms with van der Waals surface area (Å²) in [5.41, 5.74) is -0.212. The monoisotopic (exact) mass is 172 g/mol. The third-order valence-corrected chi connectivity index (χ3v) is 2.36. The van der Waals surface area contributed by atoms with Gasteiger partial charge in [-0.05, 0) is 0 Å². The molecule has 0 aliphatic carbocycles. The second kappa shape index (κ2) is 2.60. The van der Waals surface area contributed by atoms with E-state index in [0.717, 1.165) is 13.1 Å². The molecule has 1 amide bonds. The van der Waals surface area contributed by atoms with Crippen molar-refractivity contribution < 1.29 is 14.6 Å². The van der Waals surface area contributed by atoms with Crippen LogP contribution in [-0.2, 0) is 4.74 Å². The highest BCUT2D eigenvalue weighted by Gasteiger charge is 2.47. The number of nitrogens with zero attached hydrogens (tertiary/aromatic N) is 1. The summed E-state index contributed by atoms with van der Waals surface area (Å²) in [6.07, 6.45) is -0.852. The number of hydrogen-bond donors (Lipinski definition) is 2. The van der Waals surface area contributed by atoms with Crippen LogP contribution < -0.4 is 5.32 Å². The normalized spacial score (nSPS) is 26.8. The molecule has 2 heterocycles. The Labute approximate surface area is 70.3 Å². The van der Waals surface area contributed by atoms with Crippen LogP contribution in [0, 0.1) is 0 Å². The highest BCUT2D eigenvalue weighted by molar-refractivity contribution is 5.66. The van der Waals surface area contributed by atoms with E-state index in [0.29, 0.717) is 19.7 Å². The van der Waals surface area contributed by atoms with Gasteiger partial charge < -0.3 is 20.1 Å². The smallest absolute Gasteiger partial charge is 0.407 e. The first-order chi connectivity index (χ1) is 5.72. The van der Waals surface area contributed by atoms with Crippen molar-refractivity contribution in [2.24, 2.45) is 0 Å². The highest BCUT2D eigenvalue weighted by atomic mass is 16.5. The van der Waals surface area contributed by atoms with Gasteiger partial charge in [0.1, 0.15) is 5.60 Å². The summed E-state index contributed by atoms with van der Waals surface area (Å²) in [5, 5.41) is 11.8. The molecule has 2 aliphatic heterocycles. The molecule has 0 bridgehead atoms. The Morgan fingerprint density at radius 1 is 1.58 bits per heavy atom. The minimum absolute atomic E-state index is 0.212. The van der Waals surface area contributed by atoms with Crippen LogP contribution in [0.5, 0.6) is 0 Å². The number of morpholine rings is 1. The van der Waals surface area contributed by atoms with E-state index >= 15 is 0 Å². The molecule has 68 valence electrons. The molecule has 0 radical (unpaired) electrons. The number of amides is 1. The molecule has 2 rings (SSSR count). The predicted octanol–water partition coefficient (Wildman–Crippen LogP) is -0.661. The first-order valence-corrected chi connectivity index (χ1v) is 4.04. The van der Waals surface area contributed by atoms with E-state index in [2.05, 4.69) is 5.32 Å². The molecule has 2 fully saturated rings. The summed E-state index contributed by atoms with van der Waals surface area (Å²) < 4.78 is 5.51. The van der Waals surface area contributed by atoms with Gasteiger partial charge in [0, 0.05) is 13.1 Å². The summed E-state index contributed by atoms with van der Waals surface area (Å²) >= 11 is 0. The van der Waals surface area contributed by atoms with Crippen LogP contribution in [0.4, 0.5) is 4.79 Å². The van der Waals surface area contributed by atoms with Crippen LogP contribution in [-0.4, -0.2) is 54.5 Å². The zero-order valence-corrected chi connectivity index (χ0v) is 6.75. The van der Waals surface area contributed by atoms with Crippen LogP contribution in [0.15, 0.2) is 0 Å². The molecule has 0 atom stereocenters. The molecule has 5 nitrogen and oxygen atoms in total. The van der Waals surface area contributed by atoms with Crippen LogP contribution in [0.25, 0.3) is 0 Å². The van der Waals surface area contributed by atoms with Crippen molar-refractivity contribution in [3.8, 4) is 0 Å². The maximum absolute atomic E-state index is 10.5. The zero-order valence-electron chi connectivity index (χ0n) is 6.75. The fourth-order valence-corrected chi connectivity index (χ4v) is 1.69. The Morgan fingerprint density at radius 2 is 2.33 bits per heavy atom. The van der Waals surface area contributed by atoms with E-state index in [9.17, 15) is 4.79 Å². The maximum atomic E-state index is 10.5. The van der Waals surface area contributed by atoms with E-state index in [1.165, 1.54) is 4.90 Å². The molecule has 2 N–H and O–H groups in total. The van der Waals surface area contributed by atoms with Crippen molar-refractivity contribution in [2.75, 3.05) is 32.8 Å². The maximum Gasteiger partial charge on any atom is 0.407 e. The summed E-state index contributed by atoms with van der Waals surface area (Å²) in [7, 11) is 0. The molecule has 0 aromatic carbocycles. The Bertz CT molecular complexity index is 193. The van der Waals surface area contributed by atoms with E-state index in [1.807, 2.05) is 0 Å². The van der Waals surface area contributed by atoms with Crippen molar-refractivity contribution in [2.45, 2.75) is 5.60 Å². The van der Waals surface area contributed by atoms with Crippen molar-refractivity contribution in [3.05, 3.63) is 0 Å². The Morgan fingerprint density at radius 3 is 2.83 bits per heavy atom. The fraction of sp³-hybridized carbons (Fsp3) is 0.857. The number of carboxylic acid groups (broad SMARTS) is 1. The number of hydrogen-bond acceptors (Lipinski definition) is 3.